The number of carbonyl (C=O) groups is 2. The number of imidazole rings is 1. The van der Waals surface area contributed by atoms with Gasteiger partial charge >= 0.3 is 0 Å². The fourth-order valence-corrected chi connectivity index (χ4v) is 5.82. The predicted molar refractivity (Wildman–Crippen MR) is 156 cm³/mol. The molecule has 4 heterocycles. The molecule has 1 aliphatic heterocycles. The van der Waals surface area contributed by atoms with Crippen molar-refractivity contribution in [2.75, 3.05) is 26.2 Å². The van der Waals surface area contributed by atoms with Crippen LogP contribution < -0.4 is 0 Å². The first-order chi connectivity index (χ1) is 19.0. The Balaban J connectivity index is 1.32. The summed E-state index contributed by atoms with van der Waals surface area (Å²) in [5, 5.41) is 1.95. The summed E-state index contributed by atoms with van der Waals surface area (Å²) in [6.45, 7) is 7.45. The van der Waals surface area contributed by atoms with Crippen molar-refractivity contribution in [3.8, 4) is 22.4 Å². The number of carbonyl (C=O) groups excluding carboxylic acids is 2. The molecule has 6 rings (SSSR count). The third-order valence-corrected chi connectivity index (χ3v) is 8.29. The number of pyridine rings is 1. The van der Waals surface area contributed by atoms with Gasteiger partial charge in [-0.1, -0.05) is 60.2 Å². The third kappa shape index (κ3) is 5.15. The lowest BCUT2D eigenvalue weighted by Gasteiger charge is -2.34. The van der Waals surface area contributed by atoms with Crippen LogP contribution in [0.25, 0.3) is 28.0 Å². The molecule has 1 saturated heterocycles. The molecule has 7 heteroatoms. The predicted octanol–water partition coefficient (Wildman–Crippen LogP) is 6.20. The molecule has 196 valence electrons. The van der Waals surface area contributed by atoms with Gasteiger partial charge in [0.25, 0.3) is 5.91 Å². The first-order valence-corrected chi connectivity index (χ1v) is 14.1. The molecule has 0 unspecified atom stereocenters. The van der Waals surface area contributed by atoms with Crippen molar-refractivity contribution in [2.45, 2.75) is 20.4 Å². The van der Waals surface area contributed by atoms with Gasteiger partial charge in [-0.15, -0.1) is 11.3 Å². The summed E-state index contributed by atoms with van der Waals surface area (Å²) in [6.07, 6.45) is 2.15. The van der Waals surface area contributed by atoms with Crippen molar-refractivity contribution in [1.29, 1.82) is 0 Å². The number of ketones is 1. The number of hydrogen-bond acceptors (Lipinski definition) is 5. The van der Waals surface area contributed by atoms with E-state index in [1.165, 1.54) is 16.9 Å². The average molecular weight is 535 g/mol. The Bertz CT molecular complexity index is 1630. The van der Waals surface area contributed by atoms with E-state index in [1.807, 2.05) is 46.7 Å². The average Bonchev–Trinajstić information content (AvgIpc) is 3.62. The fraction of sp³-hybridized carbons (Fsp3) is 0.219. The maximum Gasteiger partial charge on any atom is 0.264 e. The van der Waals surface area contributed by atoms with Gasteiger partial charge in [0.15, 0.2) is 5.78 Å². The number of benzene rings is 2. The Labute approximate surface area is 232 Å². The molecule has 0 saturated carbocycles. The number of Topliss-reactive ketones (excluding diaryl/α,β-unsaturated/α-hetero) is 1. The second-order valence-corrected chi connectivity index (χ2v) is 11.0. The van der Waals surface area contributed by atoms with Crippen LogP contribution >= 0.6 is 11.3 Å². The van der Waals surface area contributed by atoms with Crippen LogP contribution in [0.2, 0.25) is 0 Å². The highest BCUT2D eigenvalue weighted by atomic mass is 32.1. The van der Waals surface area contributed by atoms with Crippen LogP contribution in [0.5, 0.6) is 0 Å². The lowest BCUT2D eigenvalue weighted by atomic mass is 10.0. The normalized spacial score (nSPS) is 14.2. The lowest BCUT2D eigenvalue weighted by molar-refractivity contribution is 0.0631. The number of thiophene rings is 1. The van der Waals surface area contributed by atoms with Crippen LogP contribution in [-0.4, -0.2) is 57.1 Å². The number of aromatic nitrogens is 2. The Morgan fingerprint density at radius 1 is 0.846 bits per heavy atom. The van der Waals surface area contributed by atoms with E-state index in [1.54, 1.807) is 6.92 Å². The number of amides is 1. The van der Waals surface area contributed by atoms with Crippen LogP contribution in [0.1, 0.15) is 38.2 Å². The second-order valence-electron chi connectivity index (χ2n) is 10.1. The highest BCUT2D eigenvalue weighted by Crippen LogP contribution is 2.29. The Hall–Kier alpha value is -4.07. The molecule has 0 bridgehead atoms. The summed E-state index contributed by atoms with van der Waals surface area (Å²) >= 11 is 1.50. The maximum absolute atomic E-state index is 12.8. The highest BCUT2D eigenvalue weighted by molar-refractivity contribution is 7.12. The largest absolute Gasteiger partial charge is 0.335 e. The molecule has 0 aliphatic carbocycles. The van der Waals surface area contributed by atoms with Crippen molar-refractivity contribution in [3.63, 3.8) is 0 Å². The standard InChI is InChI=1S/C32H30N4O2S/c1-22-5-7-26(8-6-22)31-28(21-34-15-17-35(18-16-34)32(38)29-4-3-19-39-29)36-20-27(13-14-30(36)33-31)25-11-9-24(10-12-25)23(2)37/h3-14,19-20H,15-18,21H2,1-2H3. The summed E-state index contributed by atoms with van der Waals surface area (Å²) in [7, 11) is 0. The van der Waals surface area contributed by atoms with Crippen LogP contribution in [0.3, 0.4) is 0 Å². The molecule has 0 N–H and O–H groups in total. The summed E-state index contributed by atoms with van der Waals surface area (Å²) in [6, 6.07) is 24.3. The van der Waals surface area contributed by atoms with E-state index in [0.29, 0.717) is 18.7 Å². The van der Waals surface area contributed by atoms with Gasteiger partial charge in [-0.25, -0.2) is 4.98 Å². The molecular formula is C32H30N4O2S. The lowest BCUT2D eigenvalue weighted by Crippen LogP contribution is -2.48. The third-order valence-electron chi connectivity index (χ3n) is 7.43. The number of fused-ring (bicyclic) bond motifs is 1. The van der Waals surface area contributed by atoms with Crippen LogP contribution in [-0.2, 0) is 6.54 Å². The van der Waals surface area contributed by atoms with Crippen LogP contribution in [0, 0.1) is 6.92 Å². The summed E-state index contributed by atoms with van der Waals surface area (Å²) in [5.41, 5.74) is 8.16. The molecule has 1 amide bonds. The van der Waals surface area contributed by atoms with Crippen LogP contribution in [0.4, 0.5) is 0 Å². The SMILES string of the molecule is CC(=O)c1ccc(-c2ccc3nc(-c4ccc(C)cc4)c(CN4CCN(C(=O)c5cccs5)CC4)n3c2)cc1. The minimum absolute atomic E-state index is 0.0637. The smallest absolute Gasteiger partial charge is 0.264 e. The van der Waals surface area contributed by atoms with Crippen molar-refractivity contribution >= 4 is 28.7 Å². The first-order valence-electron chi connectivity index (χ1n) is 13.2. The Morgan fingerprint density at radius 3 is 2.21 bits per heavy atom. The number of hydrogen-bond donors (Lipinski definition) is 0. The molecule has 6 nitrogen and oxygen atoms in total. The molecule has 2 aromatic carbocycles. The van der Waals surface area contributed by atoms with Gasteiger partial charge in [-0.3, -0.25) is 14.5 Å². The van der Waals surface area contributed by atoms with E-state index >= 15 is 0 Å². The van der Waals surface area contributed by atoms with Gasteiger partial charge in [0.05, 0.1) is 16.3 Å². The summed E-state index contributed by atoms with van der Waals surface area (Å²) < 4.78 is 2.20. The van der Waals surface area contributed by atoms with E-state index in [4.69, 9.17) is 4.98 Å². The molecular weight excluding hydrogens is 504 g/mol. The monoisotopic (exact) mass is 534 g/mol. The van der Waals surface area contributed by atoms with E-state index in [9.17, 15) is 9.59 Å². The highest BCUT2D eigenvalue weighted by Gasteiger charge is 2.25. The number of aryl methyl sites for hydroxylation is 1. The quantitative estimate of drug-likeness (QED) is 0.244. The molecule has 1 fully saturated rings. The van der Waals surface area contributed by atoms with Crippen molar-refractivity contribution in [3.05, 3.63) is 106 Å². The molecule has 3 aromatic heterocycles. The molecule has 1 aliphatic rings. The van der Waals surface area contributed by atoms with Crippen molar-refractivity contribution < 1.29 is 9.59 Å². The van der Waals surface area contributed by atoms with E-state index < -0.39 is 0 Å². The number of piperazine rings is 1. The first kappa shape index (κ1) is 25.2. The Kier molecular flexibility index (Phi) is 6.85. The second kappa shape index (κ2) is 10.6. The van der Waals surface area contributed by atoms with E-state index in [-0.39, 0.29) is 11.7 Å². The fourth-order valence-electron chi connectivity index (χ4n) is 5.13. The Morgan fingerprint density at radius 2 is 1.54 bits per heavy atom. The molecule has 0 atom stereocenters. The minimum atomic E-state index is 0.0637. The van der Waals surface area contributed by atoms with E-state index in [2.05, 4.69) is 58.8 Å². The maximum atomic E-state index is 12.8. The van der Waals surface area contributed by atoms with E-state index in [0.717, 1.165) is 58.2 Å². The van der Waals surface area contributed by atoms with Crippen molar-refractivity contribution in [1.82, 2.24) is 19.2 Å². The zero-order valence-corrected chi connectivity index (χ0v) is 22.9. The van der Waals surface area contributed by atoms with Crippen LogP contribution in [0.15, 0.2) is 84.4 Å². The summed E-state index contributed by atoms with van der Waals surface area (Å²) in [5.74, 6) is 0.189. The van der Waals surface area contributed by atoms with Crippen molar-refractivity contribution in [2.24, 2.45) is 0 Å². The van der Waals surface area contributed by atoms with Gasteiger partial charge in [0.2, 0.25) is 0 Å². The molecule has 0 spiro atoms. The number of nitrogens with zero attached hydrogens (tertiary/aromatic N) is 4. The topological polar surface area (TPSA) is 57.9 Å². The molecule has 5 aromatic rings. The van der Waals surface area contributed by atoms with Gasteiger partial charge in [-0.05, 0) is 48.6 Å². The summed E-state index contributed by atoms with van der Waals surface area (Å²) in [4.78, 5) is 34.8. The van der Waals surface area contributed by atoms with Gasteiger partial charge in [0.1, 0.15) is 5.65 Å². The zero-order valence-electron chi connectivity index (χ0n) is 22.1. The number of rotatable bonds is 6. The molecule has 0 radical (unpaired) electrons. The molecule has 39 heavy (non-hydrogen) atoms. The van der Waals surface area contributed by atoms with Gasteiger partial charge in [-0.2, -0.15) is 0 Å². The zero-order chi connectivity index (χ0) is 26.9. The van der Waals surface area contributed by atoms with Gasteiger partial charge in [0, 0.05) is 50.0 Å². The van der Waals surface area contributed by atoms with Gasteiger partial charge < -0.3 is 9.30 Å². The minimum Gasteiger partial charge on any atom is -0.335 e.